The summed E-state index contributed by atoms with van der Waals surface area (Å²) in [5.74, 6) is -0.377. The van der Waals surface area contributed by atoms with Crippen LogP contribution in [0.25, 0.3) is 10.2 Å². The third-order valence-electron chi connectivity index (χ3n) is 6.05. The fourth-order valence-electron chi connectivity index (χ4n) is 4.01. The molecule has 3 heterocycles. The van der Waals surface area contributed by atoms with E-state index in [1.165, 1.54) is 29.1 Å². The van der Waals surface area contributed by atoms with Gasteiger partial charge in [0.2, 0.25) is 5.91 Å². The molecule has 0 radical (unpaired) electrons. The molecule has 11 heteroatoms. The summed E-state index contributed by atoms with van der Waals surface area (Å²) >= 11 is 0.922. The number of piperidine rings is 1. The van der Waals surface area contributed by atoms with E-state index in [1.54, 1.807) is 11.8 Å². The zero-order valence-corrected chi connectivity index (χ0v) is 19.4. The molecule has 4 rings (SSSR count). The number of benzene rings is 1. The van der Waals surface area contributed by atoms with E-state index >= 15 is 0 Å². The van der Waals surface area contributed by atoms with E-state index in [0.29, 0.717) is 24.6 Å². The summed E-state index contributed by atoms with van der Waals surface area (Å²) in [4.78, 5) is 44.9. The van der Waals surface area contributed by atoms with Crippen LogP contribution in [0.4, 0.5) is 18.9 Å². The van der Waals surface area contributed by atoms with Gasteiger partial charge in [0.15, 0.2) is 0 Å². The summed E-state index contributed by atoms with van der Waals surface area (Å²) in [6.07, 6.45) is -1.53. The fraction of sp³-hybridized carbons (Fsp3) is 0.391. The Balaban J connectivity index is 1.60. The zero-order valence-electron chi connectivity index (χ0n) is 18.6. The van der Waals surface area contributed by atoms with Crippen LogP contribution in [-0.2, 0) is 17.5 Å². The van der Waals surface area contributed by atoms with Gasteiger partial charge in [-0.2, -0.15) is 13.2 Å². The van der Waals surface area contributed by atoms with Crippen LogP contribution < -0.4 is 10.9 Å². The van der Waals surface area contributed by atoms with Crippen molar-refractivity contribution in [1.82, 2.24) is 14.5 Å². The van der Waals surface area contributed by atoms with Crippen LogP contribution in [0.5, 0.6) is 0 Å². The lowest BCUT2D eigenvalue weighted by Crippen LogP contribution is -2.41. The van der Waals surface area contributed by atoms with E-state index in [-0.39, 0.29) is 33.2 Å². The van der Waals surface area contributed by atoms with E-state index in [0.717, 1.165) is 30.2 Å². The quantitative estimate of drug-likeness (QED) is 0.589. The number of likely N-dealkylation sites (tertiary alicyclic amines) is 1. The van der Waals surface area contributed by atoms with Gasteiger partial charge in [0.25, 0.3) is 11.5 Å². The number of hydrogen-bond acceptors (Lipinski definition) is 5. The number of halogens is 3. The van der Waals surface area contributed by atoms with Gasteiger partial charge in [-0.1, -0.05) is 19.1 Å². The van der Waals surface area contributed by atoms with Crippen molar-refractivity contribution in [1.29, 1.82) is 0 Å². The molecule has 1 aromatic carbocycles. The summed E-state index contributed by atoms with van der Waals surface area (Å²) < 4.78 is 41.0. The number of para-hydroxylation sites is 1. The van der Waals surface area contributed by atoms with Crippen molar-refractivity contribution in [2.45, 2.75) is 39.4 Å². The van der Waals surface area contributed by atoms with Crippen molar-refractivity contribution < 1.29 is 22.8 Å². The van der Waals surface area contributed by atoms with Crippen molar-refractivity contribution in [2.24, 2.45) is 5.92 Å². The van der Waals surface area contributed by atoms with Crippen LogP contribution in [0.15, 0.2) is 35.4 Å². The van der Waals surface area contributed by atoms with Crippen LogP contribution in [0.2, 0.25) is 0 Å². The number of amides is 2. The second kappa shape index (κ2) is 9.21. The molecule has 3 aromatic rings. The van der Waals surface area contributed by atoms with E-state index < -0.39 is 23.2 Å². The molecule has 34 heavy (non-hydrogen) atoms. The van der Waals surface area contributed by atoms with Gasteiger partial charge >= 0.3 is 6.18 Å². The number of hydrogen-bond donors (Lipinski definition) is 1. The molecule has 0 aliphatic carbocycles. The molecule has 1 fully saturated rings. The second-order valence-electron chi connectivity index (χ2n) is 8.47. The summed E-state index contributed by atoms with van der Waals surface area (Å²) in [5, 5.41) is 2.48. The lowest BCUT2D eigenvalue weighted by molar-refractivity contribution is -0.137. The minimum atomic E-state index is -4.63. The number of aryl methyl sites for hydroxylation is 1. The van der Waals surface area contributed by atoms with Gasteiger partial charge in [0, 0.05) is 13.1 Å². The number of aromatic nitrogens is 2. The van der Waals surface area contributed by atoms with Gasteiger partial charge in [0.05, 0.1) is 27.8 Å². The standard InChI is InChI=1S/C23H23F3N4O3S/c1-13-7-9-29(10-8-13)17(31)11-30-12-27-21-18(22(30)33)14(2)19(34-21)20(32)28-16-6-4-3-5-15(16)23(24,25)26/h3-6,12-13H,7-11H2,1-2H3,(H,28,32). The first-order valence-electron chi connectivity index (χ1n) is 10.8. The monoisotopic (exact) mass is 492 g/mol. The van der Waals surface area contributed by atoms with Crippen LogP contribution >= 0.6 is 11.3 Å². The van der Waals surface area contributed by atoms with Gasteiger partial charge in [-0.05, 0) is 43.4 Å². The van der Waals surface area contributed by atoms with Crippen molar-refractivity contribution in [2.75, 3.05) is 18.4 Å². The second-order valence-corrected chi connectivity index (χ2v) is 9.47. The Morgan fingerprint density at radius 3 is 2.56 bits per heavy atom. The first kappa shape index (κ1) is 23.9. The highest BCUT2D eigenvalue weighted by Crippen LogP contribution is 2.35. The molecular formula is C23H23F3N4O3S. The number of anilines is 1. The van der Waals surface area contributed by atoms with E-state index in [9.17, 15) is 27.6 Å². The molecule has 180 valence electrons. The van der Waals surface area contributed by atoms with E-state index in [4.69, 9.17) is 0 Å². The van der Waals surface area contributed by atoms with Crippen molar-refractivity contribution in [3.63, 3.8) is 0 Å². The lowest BCUT2D eigenvalue weighted by atomic mass is 9.99. The Labute approximate surface area is 197 Å². The Kier molecular flexibility index (Phi) is 6.48. The molecule has 1 aliphatic rings. The van der Waals surface area contributed by atoms with Crippen molar-refractivity contribution >= 4 is 39.1 Å². The number of carbonyl (C=O) groups excluding carboxylic acids is 2. The molecule has 1 aliphatic heterocycles. The van der Waals surface area contributed by atoms with Gasteiger partial charge < -0.3 is 10.2 Å². The van der Waals surface area contributed by atoms with Gasteiger partial charge in [0.1, 0.15) is 11.4 Å². The topological polar surface area (TPSA) is 84.3 Å². The van der Waals surface area contributed by atoms with Gasteiger partial charge in [-0.3, -0.25) is 19.0 Å². The molecule has 0 bridgehead atoms. The number of carbonyl (C=O) groups is 2. The number of nitrogens with one attached hydrogen (secondary N) is 1. The highest BCUT2D eigenvalue weighted by Gasteiger charge is 2.34. The van der Waals surface area contributed by atoms with Crippen LogP contribution in [-0.4, -0.2) is 39.4 Å². The van der Waals surface area contributed by atoms with Crippen LogP contribution in [0, 0.1) is 12.8 Å². The molecule has 0 unspecified atom stereocenters. The minimum absolute atomic E-state index is 0.0886. The summed E-state index contributed by atoms with van der Waals surface area (Å²) in [5.41, 5.74) is -1.49. The normalized spacial score (nSPS) is 15.0. The van der Waals surface area contributed by atoms with Gasteiger partial charge in [-0.25, -0.2) is 4.98 Å². The Hall–Kier alpha value is -3.21. The first-order chi connectivity index (χ1) is 16.1. The van der Waals surface area contributed by atoms with Crippen LogP contribution in [0.3, 0.4) is 0 Å². The number of nitrogens with zero attached hydrogens (tertiary/aromatic N) is 3. The highest BCUT2D eigenvalue weighted by molar-refractivity contribution is 7.20. The zero-order chi connectivity index (χ0) is 24.6. The maximum atomic E-state index is 13.3. The van der Waals surface area contributed by atoms with E-state index in [2.05, 4.69) is 17.2 Å². The average molecular weight is 493 g/mol. The molecular weight excluding hydrogens is 469 g/mol. The largest absolute Gasteiger partial charge is 0.418 e. The average Bonchev–Trinajstić information content (AvgIpc) is 3.13. The molecule has 0 saturated carbocycles. The smallest absolute Gasteiger partial charge is 0.341 e. The number of alkyl halides is 3. The number of thiophene rings is 1. The maximum absolute atomic E-state index is 13.3. The SMILES string of the molecule is Cc1c(C(=O)Nc2ccccc2C(F)(F)F)sc2ncn(CC(=O)N3CCC(C)CC3)c(=O)c12. The van der Waals surface area contributed by atoms with Crippen molar-refractivity contribution in [3.05, 3.63) is 57.0 Å². The molecule has 1 N–H and O–H groups in total. The summed E-state index contributed by atoms with van der Waals surface area (Å²) in [7, 11) is 0. The number of fused-ring (bicyclic) bond motifs is 1. The van der Waals surface area contributed by atoms with E-state index in [1.807, 2.05) is 0 Å². The molecule has 7 nitrogen and oxygen atoms in total. The third kappa shape index (κ3) is 4.70. The predicted molar refractivity (Wildman–Crippen MR) is 123 cm³/mol. The predicted octanol–water partition coefficient (Wildman–Crippen LogP) is 4.30. The Morgan fingerprint density at radius 1 is 1.21 bits per heavy atom. The summed E-state index contributed by atoms with van der Waals surface area (Å²) in [6, 6.07) is 4.68. The van der Waals surface area contributed by atoms with Gasteiger partial charge in [-0.15, -0.1) is 11.3 Å². The minimum Gasteiger partial charge on any atom is -0.341 e. The Bertz CT molecular complexity index is 1310. The molecule has 1 saturated heterocycles. The van der Waals surface area contributed by atoms with Crippen LogP contribution in [0.1, 0.15) is 40.6 Å². The molecule has 0 spiro atoms. The first-order valence-corrected chi connectivity index (χ1v) is 11.6. The maximum Gasteiger partial charge on any atom is 0.418 e. The number of rotatable bonds is 4. The van der Waals surface area contributed by atoms with Crippen molar-refractivity contribution in [3.8, 4) is 0 Å². The fourth-order valence-corrected chi connectivity index (χ4v) is 5.05. The molecule has 2 amide bonds. The lowest BCUT2D eigenvalue weighted by Gasteiger charge is -2.30. The molecule has 0 atom stereocenters. The molecule has 2 aromatic heterocycles. The highest BCUT2D eigenvalue weighted by atomic mass is 32.1. The Morgan fingerprint density at radius 2 is 1.88 bits per heavy atom. The third-order valence-corrected chi connectivity index (χ3v) is 7.24. The summed E-state index contributed by atoms with van der Waals surface area (Å²) in [6.45, 7) is 4.81.